The van der Waals surface area contributed by atoms with E-state index in [-0.39, 0.29) is 78.6 Å². The van der Waals surface area contributed by atoms with Gasteiger partial charge in [0.25, 0.3) is 5.91 Å². The molecule has 424 valence electrons. The van der Waals surface area contributed by atoms with Crippen LogP contribution in [0.3, 0.4) is 0 Å². The lowest BCUT2D eigenvalue weighted by Gasteiger charge is -2.59. The van der Waals surface area contributed by atoms with Gasteiger partial charge in [-0.1, -0.05) is 109 Å². The molecule has 77 heavy (non-hydrogen) atoms. The lowest BCUT2D eigenvalue weighted by atomic mass is 9.62. The maximum Gasteiger partial charge on any atom is 0.325 e. The van der Waals surface area contributed by atoms with Crippen molar-refractivity contribution in [3.63, 3.8) is 0 Å². The number of nitrogens with one attached hydrogen (secondary N) is 4. The summed E-state index contributed by atoms with van der Waals surface area (Å²) in [5.74, 6) is -5.19. The maximum absolute atomic E-state index is 14.7. The molecular formula is C60H87N5O12. The molecule has 5 aliphatic rings. The fourth-order valence-electron chi connectivity index (χ4n) is 11.3. The second kappa shape index (κ2) is 27.4. The molecule has 0 radical (unpaired) electrons. The minimum absolute atomic E-state index is 0.00311. The molecule has 4 amide bonds. The summed E-state index contributed by atoms with van der Waals surface area (Å²) in [6.07, 6.45) is 16.1. The van der Waals surface area contributed by atoms with E-state index in [1.165, 1.54) is 24.1 Å². The Labute approximate surface area is 455 Å². The number of aryl methyl sites for hydroxylation is 1. The van der Waals surface area contributed by atoms with Gasteiger partial charge in [0.05, 0.1) is 30.3 Å². The number of hydrogen-bond donors (Lipinski definition) is 8. The summed E-state index contributed by atoms with van der Waals surface area (Å²) in [7, 11) is 0. The van der Waals surface area contributed by atoms with Gasteiger partial charge in [0.2, 0.25) is 17.7 Å². The highest BCUT2D eigenvalue weighted by molar-refractivity contribution is 5.93. The number of nitrogens with zero attached hydrogens (tertiary/aromatic N) is 1. The highest BCUT2D eigenvalue weighted by Crippen LogP contribution is 2.54. The molecule has 1 aromatic rings. The van der Waals surface area contributed by atoms with Crippen LogP contribution >= 0.6 is 0 Å². The normalized spacial score (nSPS) is 33.6. The molecule has 1 aromatic carbocycles. The van der Waals surface area contributed by atoms with Crippen molar-refractivity contribution in [3.8, 4) is 5.75 Å². The third kappa shape index (κ3) is 15.0. The Balaban J connectivity index is 1.19. The van der Waals surface area contributed by atoms with Gasteiger partial charge in [-0.05, 0) is 112 Å². The molecular weight excluding hydrogens is 983 g/mol. The summed E-state index contributed by atoms with van der Waals surface area (Å²) in [4.78, 5) is 82.3. The van der Waals surface area contributed by atoms with Crippen LogP contribution in [0.25, 0.3) is 0 Å². The standard InChI is InChI=1S/C60H87N5O12/c1-10-40-25-26-42(31-49(40)69)53-58(74)65-28-18-21-46(64-65)59(75)76-50(23-17-13-16-22-47(67)39(9)54(70)45(27-24-38(8)66)56(72)61-52(34(3)4)57(73)62-53)36(6)20-15-12-14-19-35(5)48(68)33-51-37(7)29-43-32-44-30-41(11-2)55(71)63-60(43,44)77-51/h12-13,15-17,20,22,25-26,29,31,34-35,37,39,41,44-48,50-54,64,67-70H,10-11,14,18-19,21,23-24,27-28,30,32-33H2,1-9H3,(H,61,72)(H,62,73)(H,63,71)/b15-12+,17-13+,22-16+,36-20+/t35-,37+,39-,41-,44+,45+,46?,47-,48-,50-,51-,52-,53?,54+,60-/m0/s1. The third-order valence-electron chi connectivity index (χ3n) is 16.7. The lowest BCUT2D eigenvalue weighted by molar-refractivity contribution is -0.205. The predicted octanol–water partition coefficient (Wildman–Crippen LogP) is 6.41. The van der Waals surface area contributed by atoms with Crippen molar-refractivity contribution < 1.29 is 58.7 Å². The number of esters is 1. The number of allylic oxidation sites excluding steroid dienone is 5. The van der Waals surface area contributed by atoms with Gasteiger partial charge in [-0.25, -0.2) is 5.43 Å². The number of aromatic hydroxyl groups is 1. The highest BCUT2D eigenvalue weighted by Gasteiger charge is 2.60. The van der Waals surface area contributed by atoms with E-state index in [9.17, 15) is 49.2 Å². The first-order chi connectivity index (χ1) is 36.6. The molecule has 6 rings (SSSR count). The number of aliphatic hydroxyl groups is 3. The number of carbonyl (C=O) groups excluding carboxylic acids is 6. The predicted molar refractivity (Wildman–Crippen MR) is 292 cm³/mol. The topological polar surface area (TPSA) is 253 Å². The number of carbonyl (C=O) groups is 6. The minimum atomic E-state index is -1.44. The van der Waals surface area contributed by atoms with Crippen molar-refractivity contribution in [2.45, 2.75) is 194 Å². The van der Waals surface area contributed by atoms with Crippen LogP contribution in [0.5, 0.6) is 5.75 Å². The van der Waals surface area contributed by atoms with Crippen LogP contribution in [-0.2, 0) is 44.7 Å². The number of amides is 4. The second-order valence-corrected chi connectivity index (χ2v) is 22.8. The molecule has 2 saturated heterocycles. The SMILES string of the molecule is CCc1ccc(C2NC(=O)[C@H](C(C)C)NC(=O)[C@H](CCC(C)=O)[C@H](O)[C@@H](C)[C@@H](O)/C=C/C=C/C[C@@H](/C(C)=C/C=C/CC[C@H](C)[C@@H](O)C[C@@H]3O[C@]45NC(=O)[C@@H](CC)C[C@@H]4CC5=C[C@H]3C)OC(=O)C3CCCN(N3)C2=O)cc1O. The van der Waals surface area contributed by atoms with E-state index in [0.717, 1.165) is 30.4 Å². The van der Waals surface area contributed by atoms with E-state index in [4.69, 9.17) is 9.47 Å². The summed E-state index contributed by atoms with van der Waals surface area (Å²) < 4.78 is 12.9. The van der Waals surface area contributed by atoms with Crippen molar-refractivity contribution in [3.05, 3.63) is 89.1 Å². The van der Waals surface area contributed by atoms with Crippen LogP contribution in [-0.4, -0.2) is 116 Å². The van der Waals surface area contributed by atoms with Crippen molar-refractivity contribution in [1.82, 2.24) is 26.4 Å². The van der Waals surface area contributed by atoms with E-state index in [2.05, 4.69) is 34.4 Å². The zero-order chi connectivity index (χ0) is 56.3. The number of phenols is 1. The van der Waals surface area contributed by atoms with Gasteiger partial charge < -0.3 is 50.6 Å². The Hall–Kier alpha value is -5.46. The molecule has 2 bridgehead atoms. The molecule has 1 spiro atoms. The van der Waals surface area contributed by atoms with Crippen molar-refractivity contribution in [2.75, 3.05) is 6.54 Å². The van der Waals surface area contributed by atoms with Gasteiger partial charge in [-0.15, -0.1) is 0 Å². The van der Waals surface area contributed by atoms with Crippen LogP contribution in [0.15, 0.2) is 78.0 Å². The number of piperidine rings is 1. The Bertz CT molecular complexity index is 2430. The van der Waals surface area contributed by atoms with Crippen LogP contribution in [0.2, 0.25) is 0 Å². The number of hydrogen-bond acceptors (Lipinski definition) is 13. The van der Waals surface area contributed by atoms with Crippen LogP contribution in [0, 0.1) is 41.4 Å². The molecule has 15 atom stereocenters. The quantitative estimate of drug-likeness (QED) is 0.0538. The van der Waals surface area contributed by atoms with Crippen molar-refractivity contribution in [1.29, 1.82) is 0 Å². The summed E-state index contributed by atoms with van der Waals surface area (Å²) >= 11 is 0. The fraction of sp³-hybridized carbons (Fsp3) is 0.633. The van der Waals surface area contributed by atoms with E-state index in [1.807, 2.05) is 45.9 Å². The summed E-state index contributed by atoms with van der Waals surface area (Å²) in [6, 6.07) is 1.17. The number of hydrazine groups is 1. The zero-order valence-electron chi connectivity index (χ0n) is 46.7. The smallest absolute Gasteiger partial charge is 0.325 e. The van der Waals surface area contributed by atoms with Crippen LogP contribution in [0.1, 0.15) is 150 Å². The Kier molecular flexibility index (Phi) is 21.6. The number of benzene rings is 1. The first-order valence-electron chi connectivity index (χ1n) is 28.2. The van der Waals surface area contributed by atoms with Gasteiger partial charge in [-0.3, -0.25) is 29.0 Å². The average Bonchev–Trinajstić information content (AvgIpc) is 3.48. The largest absolute Gasteiger partial charge is 0.508 e. The molecule has 8 N–H and O–H groups in total. The monoisotopic (exact) mass is 1070 g/mol. The van der Waals surface area contributed by atoms with Crippen LogP contribution < -0.4 is 21.4 Å². The zero-order valence-corrected chi connectivity index (χ0v) is 46.7. The lowest BCUT2D eigenvalue weighted by Crippen LogP contribution is -2.70. The molecule has 3 fully saturated rings. The number of phenolic OH excluding ortho intramolecular Hbond substituents is 1. The first-order valence-corrected chi connectivity index (χ1v) is 28.2. The summed E-state index contributed by atoms with van der Waals surface area (Å²) in [5, 5.41) is 55.3. The first kappa shape index (κ1) is 60.8. The fourth-order valence-corrected chi connectivity index (χ4v) is 11.3. The van der Waals surface area contributed by atoms with Gasteiger partial charge in [-0.2, -0.15) is 0 Å². The Morgan fingerprint density at radius 3 is 2.44 bits per heavy atom. The molecule has 4 heterocycles. The summed E-state index contributed by atoms with van der Waals surface area (Å²) in [5.41, 5.74) is 5.07. The van der Waals surface area contributed by atoms with E-state index in [1.54, 1.807) is 51.1 Å². The third-order valence-corrected chi connectivity index (χ3v) is 16.7. The number of fused-ring (bicyclic) bond motifs is 2. The van der Waals surface area contributed by atoms with E-state index >= 15 is 0 Å². The van der Waals surface area contributed by atoms with Gasteiger partial charge in [0.1, 0.15) is 35.8 Å². The van der Waals surface area contributed by atoms with E-state index in [0.29, 0.717) is 44.1 Å². The van der Waals surface area contributed by atoms with Crippen molar-refractivity contribution in [2.24, 2.45) is 41.4 Å². The van der Waals surface area contributed by atoms with Gasteiger partial charge in [0.15, 0.2) is 5.72 Å². The average molecular weight is 1070 g/mol. The van der Waals surface area contributed by atoms with Gasteiger partial charge >= 0.3 is 5.97 Å². The Morgan fingerprint density at radius 1 is 1.00 bits per heavy atom. The molecule has 4 aliphatic heterocycles. The Morgan fingerprint density at radius 2 is 1.75 bits per heavy atom. The second-order valence-electron chi connectivity index (χ2n) is 22.8. The summed E-state index contributed by atoms with van der Waals surface area (Å²) in [6.45, 7) is 16.4. The van der Waals surface area contributed by atoms with Crippen LogP contribution in [0.4, 0.5) is 0 Å². The van der Waals surface area contributed by atoms with Crippen molar-refractivity contribution >= 4 is 35.4 Å². The molecule has 2 unspecified atom stereocenters. The molecule has 1 saturated carbocycles. The van der Waals surface area contributed by atoms with E-state index < -0.39 is 89.7 Å². The number of Topliss-reactive ketones (excluding diaryl/α,β-unsaturated/α-hetero) is 1. The molecule has 1 aliphatic carbocycles. The number of ether oxygens (including phenoxy) is 2. The minimum Gasteiger partial charge on any atom is -0.508 e. The molecule has 17 nitrogen and oxygen atoms in total. The number of rotatable bonds is 15. The molecule has 0 aromatic heterocycles. The molecule has 17 heteroatoms. The highest BCUT2D eigenvalue weighted by atomic mass is 16.5. The number of ketones is 1. The maximum atomic E-state index is 14.7. The number of cyclic esters (lactones) is 1. The van der Waals surface area contributed by atoms with Gasteiger partial charge in [0, 0.05) is 49.5 Å². The number of aliphatic hydroxyl groups excluding tert-OH is 3.